The summed E-state index contributed by atoms with van der Waals surface area (Å²) in [5, 5.41) is 0.856. The third-order valence-electron chi connectivity index (χ3n) is 2.77. The first kappa shape index (κ1) is 24.6. The molecular weight excluding hydrogens is 446 g/mol. The van der Waals surface area contributed by atoms with Crippen LogP contribution in [0, 0.1) is 0 Å². The molecule has 2 aromatic rings. The molecule has 0 aliphatic carbocycles. The molecule has 0 radical (unpaired) electrons. The smallest absolute Gasteiger partial charge is 0.485 e. The lowest BCUT2D eigenvalue weighted by molar-refractivity contribution is -0.680. The van der Waals surface area contributed by atoms with Crippen LogP contribution in [0.15, 0.2) is 30.9 Å². The van der Waals surface area contributed by atoms with Gasteiger partial charge in [-0.1, -0.05) is 0 Å². The molecule has 0 fully saturated rings. The van der Waals surface area contributed by atoms with Gasteiger partial charge in [-0.2, -0.15) is 22.1 Å². The first-order chi connectivity index (χ1) is 12.9. The maximum absolute atomic E-state index is 12.4. The monoisotopic (exact) mass is 463 g/mol. The van der Waals surface area contributed by atoms with Crippen LogP contribution in [0.2, 0.25) is 0 Å². The summed E-state index contributed by atoms with van der Waals surface area (Å²) in [4.78, 5) is 4.14. The lowest BCUT2D eigenvalue weighted by atomic mass is 10.3. The molecule has 28 heavy (non-hydrogen) atoms. The maximum Gasteiger partial charge on any atom is 0.485 e. The Morgan fingerprint density at radius 2 is 1.71 bits per heavy atom. The summed E-state index contributed by atoms with van der Waals surface area (Å²) in [5.41, 5.74) is -4.67. The van der Waals surface area contributed by atoms with E-state index in [4.69, 9.17) is 22.0 Å². The van der Waals surface area contributed by atoms with Crippen LogP contribution < -0.4 is 4.57 Å². The normalized spacial score (nSPS) is 12.4. The second kappa shape index (κ2) is 10.4. The molecule has 15 heteroatoms. The highest BCUT2D eigenvalue weighted by Crippen LogP contribution is 2.47. The summed E-state index contributed by atoms with van der Waals surface area (Å²) < 4.78 is 87.6. The van der Waals surface area contributed by atoms with Gasteiger partial charge in [-0.3, -0.25) is 4.57 Å². The number of hydrogen-bond donors (Lipinski definition) is 0. The van der Waals surface area contributed by atoms with Crippen LogP contribution in [0.5, 0.6) is 0 Å². The predicted octanol–water partition coefficient (Wildman–Crippen LogP) is 2.77. The lowest BCUT2D eigenvalue weighted by Crippen LogP contribution is -2.33. The highest BCUT2D eigenvalue weighted by molar-refractivity contribution is 7.86. The van der Waals surface area contributed by atoms with Crippen molar-refractivity contribution in [1.82, 2.24) is 9.36 Å². The molecule has 0 unspecified atom stereocenters. The number of aromatic nitrogens is 3. The quantitative estimate of drug-likeness (QED) is 0.266. The van der Waals surface area contributed by atoms with Crippen molar-refractivity contribution in [2.75, 3.05) is 13.2 Å². The fourth-order valence-corrected chi connectivity index (χ4v) is 3.85. The van der Waals surface area contributed by atoms with Crippen molar-refractivity contribution < 1.29 is 44.3 Å². The standard InChI is InChI=1S/C12H17N3O3PS.CHF3O3S/c1-3-17-19(16,18-4-2)10-15-7-5-11(6-8-15)12-13-9-14-20-12;2-1(3,4)8(5,6)7/h5-9H,3-4,10H2,1-2H3;(H,5,6,7)/q+1;/p-1. The Morgan fingerprint density at radius 1 is 1.21 bits per heavy atom. The van der Waals surface area contributed by atoms with Gasteiger partial charge in [-0.05, 0) is 25.4 Å². The van der Waals surface area contributed by atoms with Gasteiger partial charge < -0.3 is 13.6 Å². The Bertz CT molecular complexity index is 866. The van der Waals surface area contributed by atoms with Gasteiger partial charge in [-0.25, -0.2) is 13.4 Å². The number of halogens is 3. The zero-order valence-electron chi connectivity index (χ0n) is 14.7. The number of rotatable bonds is 7. The van der Waals surface area contributed by atoms with Gasteiger partial charge in [0.2, 0.25) is 6.29 Å². The number of pyridine rings is 1. The molecule has 158 valence electrons. The second-order valence-electron chi connectivity index (χ2n) is 4.84. The molecular formula is C13H17F3N3O6PS2. The van der Waals surface area contributed by atoms with E-state index in [2.05, 4.69) is 9.36 Å². The maximum atomic E-state index is 12.4. The van der Waals surface area contributed by atoms with E-state index in [1.165, 1.54) is 17.9 Å². The van der Waals surface area contributed by atoms with Gasteiger partial charge in [0.05, 0.1) is 13.2 Å². The summed E-state index contributed by atoms with van der Waals surface area (Å²) in [6, 6.07) is 3.81. The van der Waals surface area contributed by atoms with Gasteiger partial charge in [0.1, 0.15) is 11.3 Å². The Morgan fingerprint density at radius 3 is 2.07 bits per heavy atom. The van der Waals surface area contributed by atoms with E-state index in [9.17, 15) is 17.7 Å². The molecule has 0 N–H and O–H groups in total. The van der Waals surface area contributed by atoms with Crippen molar-refractivity contribution in [3.05, 3.63) is 30.9 Å². The molecule has 0 amide bonds. The van der Waals surface area contributed by atoms with Gasteiger partial charge in [0, 0.05) is 17.7 Å². The van der Waals surface area contributed by atoms with E-state index in [0.717, 1.165) is 10.6 Å². The summed E-state index contributed by atoms with van der Waals surface area (Å²) in [6.07, 6.45) is 5.40. The van der Waals surface area contributed by atoms with Gasteiger partial charge in [0.25, 0.3) is 0 Å². The zero-order chi connectivity index (χ0) is 21.4. The molecule has 0 saturated heterocycles. The topological polar surface area (TPSA) is 122 Å². The molecule has 9 nitrogen and oxygen atoms in total. The lowest BCUT2D eigenvalue weighted by Gasteiger charge is -2.13. The van der Waals surface area contributed by atoms with Crippen molar-refractivity contribution in [3.8, 4) is 10.6 Å². The molecule has 0 aliphatic rings. The minimum absolute atomic E-state index is 0.199. The van der Waals surface area contributed by atoms with Crippen molar-refractivity contribution in [2.24, 2.45) is 0 Å². The Labute approximate surface area is 163 Å². The van der Waals surface area contributed by atoms with Crippen molar-refractivity contribution >= 4 is 29.2 Å². The van der Waals surface area contributed by atoms with E-state index >= 15 is 0 Å². The third kappa shape index (κ3) is 7.89. The highest BCUT2D eigenvalue weighted by atomic mass is 32.2. The van der Waals surface area contributed by atoms with Gasteiger partial charge in [0.15, 0.2) is 22.5 Å². The summed E-state index contributed by atoms with van der Waals surface area (Å²) in [5.74, 6) is 0. The summed E-state index contributed by atoms with van der Waals surface area (Å²) in [7, 11) is -9.17. The van der Waals surface area contributed by atoms with E-state index in [0.29, 0.717) is 13.2 Å². The van der Waals surface area contributed by atoms with Gasteiger partial charge >= 0.3 is 13.1 Å². The van der Waals surface area contributed by atoms with Gasteiger partial charge in [-0.15, -0.1) is 0 Å². The average molecular weight is 463 g/mol. The van der Waals surface area contributed by atoms with E-state index in [1.807, 2.05) is 24.5 Å². The molecule has 0 atom stereocenters. The van der Waals surface area contributed by atoms with E-state index < -0.39 is 23.2 Å². The Kier molecular flexibility index (Phi) is 9.11. The fraction of sp³-hybridized carbons (Fsp3) is 0.462. The molecule has 0 aromatic carbocycles. The number of hydrogen-bond acceptors (Lipinski definition) is 9. The number of alkyl halides is 3. The SMILES string of the molecule is CCOP(=O)(C[n+]1ccc(-c2ncns2)cc1)OCC.O=S(=O)([O-])C(F)(F)F. The van der Waals surface area contributed by atoms with Crippen molar-refractivity contribution in [3.63, 3.8) is 0 Å². The van der Waals surface area contributed by atoms with Crippen LogP contribution >= 0.6 is 19.1 Å². The van der Waals surface area contributed by atoms with Crippen molar-refractivity contribution in [1.29, 1.82) is 0 Å². The minimum atomic E-state index is -6.09. The average Bonchev–Trinajstić information content (AvgIpc) is 3.09. The molecule has 0 spiro atoms. The molecule has 0 aliphatic heterocycles. The summed E-state index contributed by atoms with van der Waals surface area (Å²) in [6.45, 7) is 4.32. The first-order valence-corrected chi connectivity index (χ1v) is 11.5. The first-order valence-electron chi connectivity index (χ1n) is 7.58. The van der Waals surface area contributed by atoms with Crippen LogP contribution in [0.25, 0.3) is 10.6 Å². The van der Waals surface area contributed by atoms with Crippen LogP contribution in [0.1, 0.15) is 13.8 Å². The summed E-state index contributed by atoms with van der Waals surface area (Å²) >= 11 is 1.34. The second-order valence-corrected chi connectivity index (χ2v) is 9.01. The molecule has 0 saturated carbocycles. The van der Waals surface area contributed by atoms with E-state index in [-0.39, 0.29) is 6.29 Å². The van der Waals surface area contributed by atoms with Crippen LogP contribution in [0.3, 0.4) is 0 Å². The van der Waals surface area contributed by atoms with Crippen molar-refractivity contribution in [2.45, 2.75) is 25.6 Å². The molecule has 0 bridgehead atoms. The molecule has 2 aromatic heterocycles. The Balaban J connectivity index is 0.000000416. The number of nitrogens with zero attached hydrogens (tertiary/aromatic N) is 3. The molecule has 2 heterocycles. The van der Waals surface area contributed by atoms with Crippen LogP contribution in [0.4, 0.5) is 13.2 Å². The Hall–Kier alpha value is -1.44. The molecule has 2 rings (SSSR count). The minimum Gasteiger partial charge on any atom is -0.741 e. The third-order valence-corrected chi connectivity index (χ3v) is 6.03. The van der Waals surface area contributed by atoms with Crippen LogP contribution in [-0.2, 0) is 30.0 Å². The van der Waals surface area contributed by atoms with E-state index in [1.54, 1.807) is 18.4 Å². The predicted molar refractivity (Wildman–Crippen MR) is 92.2 cm³/mol. The largest absolute Gasteiger partial charge is 0.741 e. The fourth-order valence-electron chi connectivity index (χ4n) is 1.71. The van der Waals surface area contributed by atoms with Crippen LogP contribution in [-0.4, -0.2) is 41.1 Å². The zero-order valence-corrected chi connectivity index (χ0v) is 17.2. The highest BCUT2D eigenvalue weighted by Gasteiger charge is 2.37.